The molecule has 0 atom stereocenters. The van der Waals surface area contributed by atoms with Crippen molar-refractivity contribution in [3.63, 3.8) is 0 Å². The summed E-state index contributed by atoms with van der Waals surface area (Å²) in [5.74, 6) is 0.377. The molecule has 0 fully saturated rings. The van der Waals surface area contributed by atoms with Gasteiger partial charge in [-0.05, 0) is 26.7 Å². The monoisotopic (exact) mass is 337 g/mol. The summed E-state index contributed by atoms with van der Waals surface area (Å²) in [5, 5.41) is 4.30. The molecule has 0 radical (unpaired) electrons. The maximum absolute atomic E-state index is 12.4. The fourth-order valence-corrected chi connectivity index (χ4v) is 2.94. The Kier molecular flexibility index (Phi) is 6.16. The minimum absolute atomic E-state index is 0.0167. The number of likely N-dealkylation sites (N-methyl/N-ethyl adjacent to an activating group) is 2. The number of hydrogen-bond donors (Lipinski definition) is 0. The topological polar surface area (TPSA) is 80.4 Å². The van der Waals surface area contributed by atoms with Crippen molar-refractivity contribution in [2.75, 3.05) is 26.7 Å². The molecule has 0 spiro atoms. The lowest BCUT2D eigenvalue weighted by molar-refractivity contribution is -0.139. The maximum atomic E-state index is 12.4. The lowest BCUT2D eigenvalue weighted by Crippen LogP contribution is -2.43. The van der Waals surface area contributed by atoms with Crippen molar-refractivity contribution in [2.24, 2.45) is 0 Å². The van der Waals surface area contributed by atoms with Crippen molar-refractivity contribution >= 4 is 11.8 Å². The Morgan fingerprint density at radius 3 is 2.50 bits per heavy atom. The molecule has 134 valence electrons. The number of hydrogen-bond acceptors (Lipinski definition) is 4. The third-order valence-corrected chi connectivity index (χ3v) is 4.48. The zero-order chi connectivity index (χ0) is 17.7. The maximum Gasteiger partial charge on any atom is 0.346 e. The quantitative estimate of drug-likeness (QED) is 0.737. The van der Waals surface area contributed by atoms with Gasteiger partial charge in [-0.15, -0.1) is 0 Å². The van der Waals surface area contributed by atoms with E-state index in [1.165, 1.54) is 9.58 Å². The van der Waals surface area contributed by atoms with Gasteiger partial charge in [0.2, 0.25) is 11.8 Å². The standard InChI is InChI=1S/C16H27N5O3/c1-4-19(5-2)15(23)11-18(3)14(22)12-21-16(24)20-10-8-6-7-9-13(20)17-21/h4-12H2,1-3H3. The number of aryl methyl sites for hydroxylation is 1. The van der Waals surface area contributed by atoms with Crippen molar-refractivity contribution in [1.82, 2.24) is 24.1 Å². The van der Waals surface area contributed by atoms with Gasteiger partial charge in [0.1, 0.15) is 12.4 Å². The van der Waals surface area contributed by atoms with Gasteiger partial charge in [-0.2, -0.15) is 5.10 Å². The number of nitrogens with zero attached hydrogens (tertiary/aromatic N) is 5. The van der Waals surface area contributed by atoms with Crippen LogP contribution in [0.1, 0.15) is 38.9 Å². The van der Waals surface area contributed by atoms with Crippen LogP contribution in [0.2, 0.25) is 0 Å². The van der Waals surface area contributed by atoms with Gasteiger partial charge in [0, 0.05) is 33.1 Å². The third-order valence-electron chi connectivity index (χ3n) is 4.48. The van der Waals surface area contributed by atoms with E-state index in [1.807, 2.05) is 13.8 Å². The van der Waals surface area contributed by atoms with E-state index in [9.17, 15) is 14.4 Å². The first-order chi connectivity index (χ1) is 11.5. The van der Waals surface area contributed by atoms with E-state index in [0.29, 0.717) is 19.6 Å². The first-order valence-corrected chi connectivity index (χ1v) is 8.66. The lowest BCUT2D eigenvalue weighted by Gasteiger charge is -2.23. The van der Waals surface area contributed by atoms with Gasteiger partial charge in [0.15, 0.2) is 0 Å². The van der Waals surface area contributed by atoms with Crippen LogP contribution in [0.4, 0.5) is 0 Å². The summed E-state index contributed by atoms with van der Waals surface area (Å²) in [7, 11) is 1.58. The number of fused-ring (bicyclic) bond motifs is 1. The molecule has 8 nitrogen and oxygen atoms in total. The number of rotatable bonds is 6. The van der Waals surface area contributed by atoms with Crippen LogP contribution in [-0.4, -0.2) is 62.6 Å². The number of amides is 2. The first kappa shape index (κ1) is 18.2. The second kappa shape index (κ2) is 8.12. The van der Waals surface area contributed by atoms with Crippen LogP contribution in [0.25, 0.3) is 0 Å². The molecule has 1 aromatic heterocycles. The molecule has 0 aromatic carbocycles. The normalized spacial score (nSPS) is 14.0. The second-order valence-corrected chi connectivity index (χ2v) is 6.13. The molecule has 0 saturated carbocycles. The summed E-state index contributed by atoms with van der Waals surface area (Å²) >= 11 is 0. The molecule has 1 aliphatic heterocycles. The highest BCUT2D eigenvalue weighted by atomic mass is 16.2. The Morgan fingerprint density at radius 2 is 1.83 bits per heavy atom. The highest BCUT2D eigenvalue weighted by molar-refractivity contribution is 5.84. The summed E-state index contributed by atoms with van der Waals surface area (Å²) in [6.07, 6.45) is 3.85. The molecule has 2 heterocycles. The van der Waals surface area contributed by atoms with Gasteiger partial charge < -0.3 is 9.80 Å². The second-order valence-electron chi connectivity index (χ2n) is 6.13. The highest BCUT2D eigenvalue weighted by Gasteiger charge is 2.20. The van der Waals surface area contributed by atoms with Crippen molar-refractivity contribution in [3.8, 4) is 0 Å². The minimum Gasteiger partial charge on any atom is -0.342 e. The van der Waals surface area contributed by atoms with E-state index >= 15 is 0 Å². The zero-order valence-electron chi connectivity index (χ0n) is 14.8. The van der Waals surface area contributed by atoms with Crippen LogP contribution in [-0.2, 0) is 29.1 Å². The van der Waals surface area contributed by atoms with E-state index in [2.05, 4.69) is 5.10 Å². The van der Waals surface area contributed by atoms with E-state index in [1.54, 1.807) is 16.5 Å². The smallest absolute Gasteiger partial charge is 0.342 e. The molecule has 2 rings (SSSR count). The van der Waals surface area contributed by atoms with Gasteiger partial charge in [0.25, 0.3) is 0 Å². The molecule has 0 saturated heterocycles. The van der Waals surface area contributed by atoms with Crippen molar-refractivity contribution < 1.29 is 9.59 Å². The SMILES string of the molecule is CCN(CC)C(=O)CN(C)C(=O)Cn1nc2n(c1=O)CCCCC2. The molecular formula is C16H27N5O3. The Morgan fingerprint density at radius 1 is 1.12 bits per heavy atom. The molecule has 0 aliphatic carbocycles. The summed E-state index contributed by atoms with van der Waals surface area (Å²) in [6.45, 7) is 5.60. The largest absolute Gasteiger partial charge is 0.346 e. The third kappa shape index (κ3) is 4.04. The fraction of sp³-hybridized carbons (Fsp3) is 0.750. The zero-order valence-corrected chi connectivity index (χ0v) is 14.8. The van der Waals surface area contributed by atoms with Crippen molar-refractivity contribution in [3.05, 3.63) is 16.3 Å². The Labute approximate surface area is 142 Å². The van der Waals surface area contributed by atoms with Crippen LogP contribution in [0.3, 0.4) is 0 Å². The predicted molar refractivity (Wildman–Crippen MR) is 89.6 cm³/mol. The van der Waals surface area contributed by atoms with Crippen LogP contribution in [0.5, 0.6) is 0 Å². The fourth-order valence-electron chi connectivity index (χ4n) is 2.94. The average Bonchev–Trinajstić information content (AvgIpc) is 2.73. The Balaban J connectivity index is 2.02. The van der Waals surface area contributed by atoms with E-state index in [4.69, 9.17) is 0 Å². The Bertz CT molecular complexity index is 645. The lowest BCUT2D eigenvalue weighted by atomic mass is 10.2. The molecule has 0 N–H and O–H groups in total. The Hall–Kier alpha value is -2.12. The molecule has 24 heavy (non-hydrogen) atoms. The van der Waals surface area contributed by atoms with E-state index < -0.39 is 0 Å². The van der Waals surface area contributed by atoms with Crippen LogP contribution in [0, 0.1) is 0 Å². The van der Waals surface area contributed by atoms with Crippen LogP contribution >= 0.6 is 0 Å². The van der Waals surface area contributed by atoms with Gasteiger partial charge in [-0.1, -0.05) is 6.42 Å². The van der Waals surface area contributed by atoms with Crippen molar-refractivity contribution in [2.45, 2.75) is 52.6 Å². The molecule has 0 unspecified atom stereocenters. The van der Waals surface area contributed by atoms with Crippen molar-refractivity contribution in [1.29, 1.82) is 0 Å². The molecule has 1 aromatic rings. The van der Waals surface area contributed by atoms with E-state index in [0.717, 1.165) is 31.5 Å². The average molecular weight is 337 g/mol. The number of aromatic nitrogens is 3. The number of carbonyl (C=O) groups is 2. The van der Waals surface area contributed by atoms with Gasteiger partial charge in [-0.3, -0.25) is 14.2 Å². The molecule has 8 heteroatoms. The minimum atomic E-state index is -0.286. The highest BCUT2D eigenvalue weighted by Crippen LogP contribution is 2.10. The van der Waals surface area contributed by atoms with Crippen LogP contribution in [0.15, 0.2) is 4.79 Å². The molecular weight excluding hydrogens is 310 g/mol. The van der Waals surface area contributed by atoms with Gasteiger partial charge >= 0.3 is 5.69 Å². The molecule has 0 bridgehead atoms. The molecule has 2 amide bonds. The summed E-state index contributed by atoms with van der Waals surface area (Å²) < 4.78 is 2.89. The number of carbonyl (C=O) groups excluding carboxylic acids is 2. The van der Waals surface area contributed by atoms with E-state index in [-0.39, 0.29) is 30.6 Å². The summed E-state index contributed by atoms with van der Waals surface area (Å²) in [5.41, 5.74) is -0.233. The van der Waals surface area contributed by atoms with Gasteiger partial charge in [-0.25, -0.2) is 9.48 Å². The summed E-state index contributed by atoms with van der Waals surface area (Å²) in [4.78, 5) is 39.8. The summed E-state index contributed by atoms with van der Waals surface area (Å²) in [6, 6.07) is 0. The van der Waals surface area contributed by atoms with Gasteiger partial charge in [0.05, 0.1) is 6.54 Å². The van der Waals surface area contributed by atoms with Crippen LogP contribution < -0.4 is 5.69 Å². The predicted octanol–water partition coefficient (Wildman–Crippen LogP) is 0.0980. The first-order valence-electron chi connectivity index (χ1n) is 8.66. The molecule has 1 aliphatic rings.